The number of nitrogens with one attached hydrogen (secondary N) is 2. The Kier molecular flexibility index (Phi) is 5.86. The molecule has 0 atom stereocenters. The van der Waals surface area contributed by atoms with Gasteiger partial charge in [-0.05, 0) is 75.7 Å². The molecule has 1 aromatic heterocycles. The van der Waals surface area contributed by atoms with Crippen molar-refractivity contribution in [2.75, 3.05) is 10.6 Å². The third-order valence-corrected chi connectivity index (χ3v) is 3.97. The summed E-state index contributed by atoms with van der Waals surface area (Å²) in [5, 5.41) is 9.27. The molecule has 0 fully saturated rings. The average Bonchev–Trinajstić information content (AvgIpc) is 3.09. The third-order valence-electron chi connectivity index (χ3n) is 3.97. The molecule has 0 unspecified atom stereocenters. The minimum absolute atomic E-state index is 0.0913. The van der Waals surface area contributed by atoms with Crippen molar-refractivity contribution >= 4 is 23.4 Å². The number of aromatic nitrogens is 2. The van der Waals surface area contributed by atoms with Crippen molar-refractivity contribution in [1.82, 2.24) is 9.78 Å². The van der Waals surface area contributed by atoms with Crippen LogP contribution in [0.2, 0.25) is 0 Å². The van der Waals surface area contributed by atoms with E-state index in [1.807, 2.05) is 13.1 Å². The van der Waals surface area contributed by atoms with Crippen molar-refractivity contribution in [2.45, 2.75) is 33.3 Å². The van der Waals surface area contributed by atoms with E-state index in [2.05, 4.69) is 15.7 Å². The highest BCUT2D eigenvalue weighted by molar-refractivity contribution is 6.04. The first kappa shape index (κ1) is 21.0. The molecule has 0 aliphatic carbocycles. The Morgan fingerprint density at radius 3 is 2.37 bits per heavy atom. The number of halogens is 1. The topological polar surface area (TPSA) is 85.3 Å². The second-order valence-corrected chi connectivity index (χ2v) is 7.78. The number of hydrogen-bond acceptors (Lipinski definition) is 4. The second kappa shape index (κ2) is 8.36. The number of carbonyl (C=O) groups excluding carboxylic acids is 2. The number of amides is 2. The fourth-order valence-corrected chi connectivity index (χ4v) is 2.64. The number of rotatable bonds is 4. The molecule has 2 N–H and O–H groups in total. The molecule has 0 saturated carbocycles. The predicted octanol–water partition coefficient (Wildman–Crippen LogP) is 4.92. The number of hydrogen-bond donors (Lipinski definition) is 2. The molecular weight excluding hydrogens is 387 g/mol. The van der Waals surface area contributed by atoms with Crippen LogP contribution in [-0.2, 0) is 4.74 Å². The van der Waals surface area contributed by atoms with Gasteiger partial charge in [-0.15, -0.1) is 0 Å². The van der Waals surface area contributed by atoms with Gasteiger partial charge in [0.05, 0.1) is 17.6 Å². The molecule has 8 heteroatoms. The molecule has 0 aliphatic rings. The third kappa shape index (κ3) is 5.44. The van der Waals surface area contributed by atoms with Crippen LogP contribution < -0.4 is 10.6 Å². The van der Waals surface area contributed by atoms with Crippen molar-refractivity contribution in [3.05, 3.63) is 71.8 Å². The van der Waals surface area contributed by atoms with Crippen LogP contribution in [-0.4, -0.2) is 27.4 Å². The Balaban J connectivity index is 1.70. The summed E-state index contributed by atoms with van der Waals surface area (Å²) < 4.78 is 20.9. The number of aryl methyl sites for hydroxylation is 1. The van der Waals surface area contributed by atoms with E-state index in [0.717, 1.165) is 17.3 Å². The van der Waals surface area contributed by atoms with Crippen molar-refractivity contribution in [3.8, 4) is 5.69 Å². The molecule has 30 heavy (non-hydrogen) atoms. The van der Waals surface area contributed by atoms with Crippen LogP contribution in [0.5, 0.6) is 0 Å². The van der Waals surface area contributed by atoms with Crippen molar-refractivity contribution in [1.29, 1.82) is 0 Å². The Hall–Kier alpha value is -3.68. The first-order valence-corrected chi connectivity index (χ1v) is 9.33. The molecule has 0 aliphatic heterocycles. The van der Waals surface area contributed by atoms with Gasteiger partial charge >= 0.3 is 6.09 Å². The molecule has 156 valence electrons. The summed E-state index contributed by atoms with van der Waals surface area (Å²) in [5.41, 5.74) is 1.81. The molecule has 0 spiro atoms. The van der Waals surface area contributed by atoms with Gasteiger partial charge in [-0.1, -0.05) is 0 Å². The monoisotopic (exact) mass is 410 g/mol. The molecule has 7 nitrogen and oxygen atoms in total. The van der Waals surface area contributed by atoms with E-state index in [1.54, 1.807) is 55.9 Å². The number of carbonyl (C=O) groups is 2. The summed E-state index contributed by atoms with van der Waals surface area (Å²) in [4.78, 5) is 24.4. The van der Waals surface area contributed by atoms with E-state index in [9.17, 15) is 14.0 Å². The van der Waals surface area contributed by atoms with Crippen LogP contribution in [0.1, 0.15) is 36.7 Å². The van der Waals surface area contributed by atoms with Crippen molar-refractivity contribution in [2.24, 2.45) is 0 Å². The zero-order valence-corrected chi connectivity index (χ0v) is 17.2. The predicted molar refractivity (Wildman–Crippen MR) is 113 cm³/mol. The highest BCUT2D eigenvalue weighted by atomic mass is 19.1. The fourth-order valence-electron chi connectivity index (χ4n) is 2.64. The zero-order valence-electron chi connectivity index (χ0n) is 17.2. The molecule has 0 saturated heterocycles. The summed E-state index contributed by atoms with van der Waals surface area (Å²) in [5.74, 6) is -1.01. The largest absolute Gasteiger partial charge is 0.444 e. The second-order valence-electron chi connectivity index (χ2n) is 7.78. The lowest BCUT2D eigenvalue weighted by molar-refractivity contribution is 0.0635. The normalized spacial score (nSPS) is 11.1. The van der Waals surface area contributed by atoms with E-state index in [-0.39, 0.29) is 11.6 Å². The highest BCUT2D eigenvalue weighted by Crippen LogP contribution is 2.21. The first-order chi connectivity index (χ1) is 14.1. The molecule has 0 radical (unpaired) electrons. The number of ether oxygens (including phenoxy) is 1. The van der Waals surface area contributed by atoms with Crippen LogP contribution in [0, 0.1) is 12.7 Å². The van der Waals surface area contributed by atoms with Gasteiger partial charge in [0.15, 0.2) is 0 Å². The maximum atomic E-state index is 14.0. The minimum atomic E-state index is -0.783. The fraction of sp³-hybridized carbons (Fsp3) is 0.227. The van der Waals surface area contributed by atoms with Gasteiger partial charge in [0.25, 0.3) is 5.91 Å². The van der Waals surface area contributed by atoms with E-state index in [4.69, 9.17) is 4.74 Å². The highest BCUT2D eigenvalue weighted by Gasteiger charge is 2.18. The van der Waals surface area contributed by atoms with Crippen LogP contribution >= 0.6 is 0 Å². The lowest BCUT2D eigenvalue weighted by atomic mass is 10.2. The van der Waals surface area contributed by atoms with Gasteiger partial charge in [0.1, 0.15) is 11.4 Å². The zero-order chi connectivity index (χ0) is 21.9. The SMILES string of the molecule is Cc1cnn(-c2ccc(C(=O)Nc3ccc(F)c(NC(=O)OC(C)(C)C)c3)cc2)c1. The number of nitrogens with zero attached hydrogens (tertiary/aromatic N) is 2. The Bertz CT molecular complexity index is 1070. The molecule has 3 aromatic rings. The number of benzene rings is 2. The molecule has 2 aromatic carbocycles. The van der Waals surface area contributed by atoms with Gasteiger partial charge < -0.3 is 10.1 Å². The summed E-state index contributed by atoms with van der Waals surface area (Å²) in [7, 11) is 0. The smallest absolute Gasteiger partial charge is 0.412 e. The van der Waals surface area contributed by atoms with Gasteiger partial charge in [-0.25, -0.2) is 13.9 Å². The van der Waals surface area contributed by atoms with Gasteiger partial charge in [0.2, 0.25) is 0 Å². The minimum Gasteiger partial charge on any atom is -0.444 e. The molecule has 2 amide bonds. The van der Waals surface area contributed by atoms with E-state index in [1.165, 1.54) is 12.1 Å². The standard InChI is InChI=1S/C22H23FN4O3/c1-14-12-24-27(13-14)17-8-5-15(6-9-17)20(28)25-16-7-10-18(23)19(11-16)26-21(29)30-22(2,3)4/h5-13H,1-4H3,(H,25,28)(H,26,29). The van der Waals surface area contributed by atoms with Gasteiger partial charge in [0, 0.05) is 17.4 Å². The maximum Gasteiger partial charge on any atom is 0.412 e. The average molecular weight is 410 g/mol. The van der Waals surface area contributed by atoms with E-state index in [0.29, 0.717) is 11.3 Å². The summed E-state index contributed by atoms with van der Waals surface area (Å²) in [6.45, 7) is 7.06. The lowest BCUT2D eigenvalue weighted by Gasteiger charge is -2.20. The van der Waals surface area contributed by atoms with Crippen LogP contribution in [0.4, 0.5) is 20.6 Å². The van der Waals surface area contributed by atoms with Crippen LogP contribution in [0.15, 0.2) is 54.9 Å². The Morgan fingerprint density at radius 2 is 1.77 bits per heavy atom. The maximum absolute atomic E-state index is 14.0. The molecule has 1 heterocycles. The van der Waals surface area contributed by atoms with Crippen molar-refractivity contribution in [3.63, 3.8) is 0 Å². The Labute approximate surface area is 173 Å². The van der Waals surface area contributed by atoms with Crippen LogP contribution in [0.25, 0.3) is 5.69 Å². The summed E-state index contributed by atoms with van der Waals surface area (Å²) in [6, 6.07) is 10.8. The van der Waals surface area contributed by atoms with E-state index >= 15 is 0 Å². The summed E-state index contributed by atoms with van der Waals surface area (Å²) >= 11 is 0. The van der Waals surface area contributed by atoms with Crippen LogP contribution in [0.3, 0.4) is 0 Å². The molecule has 0 bridgehead atoms. The van der Waals surface area contributed by atoms with Gasteiger partial charge in [-0.3, -0.25) is 10.1 Å². The van der Waals surface area contributed by atoms with Gasteiger partial charge in [-0.2, -0.15) is 5.10 Å². The number of anilines is 2. The van der Waals surface area contributed by atoms with Crippen molar-refractivity contribution < 1.29 is 18.7 Å². The first-order valence-electron chi connectivity index (χ1n) is 9.33. The quantitative estimate of drug-likeness (QED) is 0.639. The van der Waals surface area contributed by atoms with E-state index < -0.39 is 17.5 Å². The molecule has 3 rings (SSSR count). The Morgan fingerprint density at radius 1 is 1.07 bits per heavy atom. The lowest BCUT2D eigenvalue weighted by Crippen LogP contribution is -2.27. The molecular formula is C22H23FN4O3. The summed E-state index contributed by atoms with van der Waals surface area (Å²) in [6.07, 6.45) is 2.85.